The monoisotopic (exact) mass is 754 g/mol. The molecule has 3 saturated carbocycles. The highest BCUT2D eigenvalue weighted by molar-refractivity contribution is 5.30. The lowest BCUT2D eigenvalue weighted by Crippen LogP contribution is -2.66. The summed E-state index contributed by atoms with van der Waals surface area (Å²) in [6, 6.07) is 0. The van der Waals surface area contributed by atoms with E-state index in [1.165, 1.54) is 6.92 Å². The zero-order valence-corrected chi connectivity index (χ0v) is 31.5. The number of fused-ring (bicyclic) bond motifs is 7. The zero-order valence-electron chi connectivity index (χ0n) is 31.5. The summed E-state index contributed by atoms with van der Waals surface area (Å²) in [5, 5.41) is 86.8. The molecule has 0 radical (unpaired) electrons. The average molecular weight is 755 g/mol. The largest absolute Gasteiger partial charge is 0.394 e. The van der Waals surface area contributed by atoms with E-state index >= 15 is 0 Å². The van der Waals surface area contributed by atoms with Crippen LogP contribution in [0.4, 0.5) is 0 Å². The van der Waals surface area contributed by atoms with Crippen molar-refractivity contribution in [1.82, 2.24) is 0 Å². The minimum absolute atomic E-state index is 0.0797. The summed E-state index contributed by atoms with van der Waals surface area (Å²) in [7, 11) is 0. The van der Waals surface area contributed by atoms with E-state index in [0.29, 0.717) is 29.6 Å². The molecule has 302 valence electrons. The normalized spacial score (nSPS) is 59.5. The van der Waals surface area contributed by atoms with Gasteiger partial charge in [0.15, 0.2) is 18.4 Å². The molecule has 14 heteroatoms. The predicted octanol–water partition coefficient (Wildman–Crippen LogP) is 0.332. The van der Waals surface area contributed by atoms with Crippen molar-refractivity contribution in [2.24, 2.45) is 46.3 Å². The fourth-order valence-electron chi connectivity index (χ4n) is 12.6. The first-order valence-corrected chi connectivity index (χ1v) is 20.1. The summed E-state index contributed by atoms with van der Waals surface area (Å²) >= 11 is 0. The smallest absolute Gasteiger partial charge is 0.187 e. The summed E-state index contributed by atoms with van der Waals surface area (Å²) in [5.74, 6) is 1.61. The first-order chi connectivity index (χ1) is 25.1. The van der Waals surface area contributed by atoms with Gasteiger partial charge in [-0.1, -0.05) is 39.3 Å². The van der Waals surface area contributed by atoms with E-state index in [0.717, 1.165) is 50.7 Å². The average Bonchev–Trinajstić information content (AvgIpc) is 3.58. The molecule has 4 heterocycles. The molecule has 4 aliphatic heterocycles. The molecule has 0 unspecified atom stereocenters. The van der Waals surface area contributed by atoms with Gasteiger partial charge in [-0.15, -0.1) is 0 Å². The van der Waals surface area contributed by atoms with E-state index < -0.39 is 97.5 Å². The van der Waals surface area contributed by atoms with Gasteiger partial charge in [-0.05, 0) is 80.5 Å². The van der Waals surface area contributed by atoms with Crippen molar-refractivity contribution in [3.63, 3.8) is 0 Å². The second-order valence-electron chi connectivity index (χ2n) is 18.4. The minimum atomic E-state index is -1.71. The molecule has 0 aromatic carbocycles. The molecule has 8 aliphatic rings. The Balaban J connectivity index is 1.01. The van der Waals surface area contributed by atoms with Crippen molar-refractivity contribution < 1.29 is 69.3 Å². The SMILES string of the molecule is C[C@H]1CC[C@@]2(OC1)O[C@@H]1C[C@H]3[C@@H]4CC=C5C[C@@H](O[C@@H]6O[C@H](CO)[C@H](O)[C@H](O)[C@H]6O[C@@H]6O[C@@H](C)[C@H](O)[C@@H](O)[C@H]6O)[C@H](O)[C@@H](O)[C@]5(C)[C@H]4CC[C@]3(C)[C@@H]1[C@@H]2C. The minimum Gasteiger partial charge on any atom is -0.394 e. The van der Waals surface area contributed by atoms with Gasteiger partial charge in [0.1, 0.15) is 48.8 Å². The van der Waals surface area contributed by atoms with Crippen LogP contribution in [0.25, 0.3) is 0 Å². The van der Waals surface area contributed by atoms with Crippen molar-refractivity contribution in [1.29, 1.82) is 0 Å². The van der Waals surface area contributed by atoms with Crippen LogP contribution in [0.3, 0.4) is 0 Å². The van der Waals surface area contributed by atoms with E-state index in [-0.39, 0.29) is 23.9 Å². The second-order valence-corrected chi connectivity index (χ2v) is 18.4. The summed E-state index contributed by atoms with van der Waals surface area (Å²) in [4.78, 5) is 0. The fourth-order valence-corrected chi connectivity index (χ4v) is 12.6. The quantitative estimate of drug-likeness (QED) is 0.178. The molecule has 8 rings (SSSR count). The Bertz CT molecular complexity index is 1370. The van der Waals surface area contributed by atoms with Gasteiger partial charge in [0.2, 0.25) is 0 Å². The first-order valence-electron chi connectivity index (χ1n) is 20.1. The lowest BCUT2D eigenvalue weighted by atomic mass is 9.46. The number of hydrogen-bond donors (Lipinski definition) is 8. The van der Waals surface area contributed by atoms with Crippen LogP contribution in [0.15, 0.2) is 11.6 Å². The Labute approximate surface area is 311 Å². The van der Waals surface area contributed by atoms with Gasteiger partial charge >= 0.3 is 0 Å². The third-order valence-electron chi connectivity index (χ3n) is 15.8. The lowest BCUT2D eigenvalue weighted by molar-refractivity contribution is -0.373. The highest BCUT2D eigenvalue weighted by Crippen LogP contribution is 2.70. The number of aliphatic hydroxyl groups is 8. The van der Waals surface area contributed by atoms with Gasteiger partial charge in [-0.3, -0.25) is 0 Å². The molecule has 4 aliphatic carbocycles. The fraction of sp³-hybridized carbons (Fsp3) is 0.949. The summed E-state index contributed by atoms with van der Waals surface area (Å²) in [6.45, 7) is 10.6. The van der Waals surface area contributed by atoms with Crippen LogP contribution in [0.2, 0.25) is 0 Å². The highest BCUT2D eigenvalue weighted by Gasteiger charge is 2.70. The summed E-state index contributed by atoms with van der Waals surface area (Å²) in [5.41, 5.74) is 0.356. The van der Waals surface area contributed by atoms with E-state index in [2.05, 4.69) is 33.8 Å². The standard InChI is InChI=1S/C39H62O14/c1-16-8-11-39(48-15-16)17(2)26-23(53-39)13-22-20-7-6-19-12-24(29(43)34(47)38(19,5)21(20)9-10-37(22,26)4)50-36-33(31(45)28(42)25(14-40)51-36)52-35-32(46)30(44)27(41)18(3)49-35/h6,16-18,20-36,40-47H,7-15H2,1-5H3/t16-,17-,18-,20+,21-,22-,23+,24+,25+,26+,27-,28-,29-,30+,31-,32+,33+,34+,35-,36+,37-,38-,39+/m0/s1. The Morgan fingerprint density at radius 3 is 2.26 bits per heavy atom. The Morgan fingerprint density at radius 1 is 0.811 bits per heavy atom. The molecular formula is C39H62O14. The van der Waals surface area contributed by atoms with Crippen LogP contribution in [0, 0.1) is 46.3 Å². The molecule has 23 atom stereocenters. The van der Waals surface area contributed by atoms with E-state index in [9.17, 15) is 40.9 Å². The molecule has 7 fully saturated rings. The van der Waals surface area contributed by atoms with E-state index in [1.807, 2.05) is 0 Å². The highest BCUT2D eigenvalue weighted by atomic mass is 16.8. The maximum Gasteiger partial charge on any atom is 0.187 e. The topological polar surface area (TPSA) is 217 Å². The molecule has 0 bridgehead atoms. The number of hydrogen-bond acceptors (Lipinski definition) is 14. The number of aliphatic hydroxyl groups excluding tert-OH is 8. The van der Waals surface area contributed by atoms with Gasteiger partial charge < -0.3 is 69.3 Å². The van der Waals surface area contributed by atoms with Gasteiger partial charge in [0.05, 0.1) is 37.6 Å². The van der Waals surface area contributed by atoms with Crippen LogP contribution in [0.1, 0.15) is 79.6 Å². The molecule has 53 heavy (non-hydrogen) atoms. The van der Waals surface area contributed by atoms with Crippen LogP contribution in [-0.4, -0.2) is 146 Å². The van der Waals surface area contributed by atoms with Crippen LogP contribution in [0.5, 0.6) is 0 Å². The van der Waals surface area contributed by atoms with Gasteiger partial charge in [0.25, 0.3) is 0 Å². The van der Waals surface area contributed by atoms with Crippen LogP contribution >= 0.6 is 0 Å². The van der Waals surface area contributed by atoms with E-state index in [1.54, 1.807) is 0 Å². The van der Waals surface area contributed by atoms with Crippen molar-refractivity contribution >= 4 is 0 Å². The Morgan fingerprint density at radius 2 is 1.57 bits per heavy atom. The number of ether oxygens (including phenoxy) is 6. The van der Waals surface area contributed by atoms with Gasteiger partial charge in [-0.25, -0.2) is 0 Å². The van der Waals surface area contributed by atoms with Crippen molar-refractivity contribution in [3.05, 3.63) is 11.6 Å². The number of rotatable bonds is 5. The maximum atomic E-state index is 12.1. The molecule has 8 N–H and O–H groups in total. The van der Waals surface area contributed by atoms with Crippen LogP contribution < -0.4 is 0 Å². The molecule has 14 nitrogen and oxygen atoms in total. The predicted molar refractivity (Wildman–Crippen MR) is 184 cm³/mol. The van der Waals surface area contributed by atoms with Gasteiger partial charge in [0, 0.05) is 17.8 Å². The van der Waals surface area contributed by atoms with Crippen molar-refractivity contribution in [3.8, 4) is 0 Å². The molecule has 0 aromatic rings. The van der Waals surface area contributed by atoms with Crippen LogP contribution in [-0.2, 0) is 28.4 Å². The molecular weight excluding hydrogens is 692 g/mol. The van der Waals surface area contributed by atoms with Gasteiger partial charge in [-0.2, -0.15) is 0 Å². The third-order valence-corrected chi connectivity index (χ3v) is 15.8. The van der Waals surface area contributed by atoms with Crippen molar-refractivity contribution in [2.45, 2.75) is 171 Å². The van der Waals surface area contributed by atoms with Crippen molar-refractivity contribution in [2.75, 3.05) is 13.2 Å². The Kier molecular flexibility index (Phi) is 10.3. The second kappa shape index (κ2) is 13.9. The lowest BCUT2D eigenvalue weighted by Gasteiger charge is -2.60. The third kappa shape index (κ3) is 5.87. The Hall–Kier alpha value is -0.820. The molecule has 1 spiro atoms. The molecule has 4 saturated heterocycles. The molecule has 0 amide bonds. The number of allylic oxidation sites excluding steroid dienone is 1. The van der Waals surface area contributed by atoms with E-state index in [4.69, 9.17) is 28.4 Å². The summed E-state index contributed by atoms with van der Waals surface area (Å²) in [6.07, 6.45) is -9.88. The summed E-state index contributed by atoms with van der Waals surface area (Å²) < 4.78 is 37.1. The first kappa shape index (κ1) is 39.0. The maximum absolute atomic E-state index is 12.1. The molecule has 0 aromatic heterocycles. The zero-order chi connectivity index (χ0) is 37.9.